The van der Waals surface area contributed by atoms with Crippen molar-refractivity contribution in [2.75, 3.05) is 10.6 Å². The van der Waals surface area contributed by atoms with E-state index in [0.717, 1.165) is 16.8 Å². The van der Waals surface area contributed by atoms with Crippen LogP contribution in [0.3, 0.4) is 0 Å². The number of hydrogen-bond acceptors (Lipinski definition) is 3. The number of Topliss-reactive ketones (excluding diaryl/α,β-unsaturated/α-hetero) is 1. The molecular formula is C17H16N2O2. The summed E-state index contributed by atoms with van der Waals surface area (Å²) in [6.07, 6.45) is 0.353. The van der Waals surface area contributed by atoms with Gasteiger partial charge in [0.25, 0.3) is 0 Å². The molecule has 4 nitrogen and oxygen atoms in total. The Labute approximate surface area is 123 Å². The predicted octanol–water partition coefficient (Wildman–Crippen LogP) is 2.56. The second kappa shape index (κ2) is 5.05. The minimum Gasteiger partial charge on any atom is -0.399 e. The molecule has 0 atom stereocenters. The number of benzene rings is 2. The van der Waals surface area contributed by atoms with Crippen LogP contribution in [0, 0.1) is 0 Å². The fraction of sp³-hybridized carbons (Fsp3) is 0.176. The second-order valence-electron chi connectivity index (χ2n) is 5.30. The van der Waals surface area contributed by atoms with Gasteiger partial charge >= 0.3 is 0 Å². The minimum atomic E-state index is 0.0160. The summed E-state index contributed by atoms with van der Waals surface area (Å²) in [5, 5.41) is 0. The van der Waals surface area contributed by atoms with Gasteiger partial charge in [-0.25, -0.2) is 0 Å². The lowest BCUT2D eigenvalue weighted by molar-refractivity contribution is -0.117. The molecule has 1 aliphatic rings. The van der Waals surface area contributed by atoms with E-state index in [4.69, 9.17) is 5.73 Å². The van der Waals surface area contributed by atoms with Crippen LogP contribution in [0.2, 0.25) is 0 Å². The fourth-order valence-corrected chi connectivity index (χ4v) is 2.58. The van der Waals surface area contributed by atoms with Crippen LogP contribution in [0.5, 0.6) is 0 Å². The highest BCUT2D eigenvalue weighted by Crippen LogP contribution is 2.31. The van der Waals surface area contributed by atoms with E-state index in [-0.39, 0.29) is 11.7 Å². The van der Waals surface area contributed by atoms with Crippen molar-refractivity contribution in [3.63, 3.8) is 0 Å². The first-order valence-electron chi connectivity index (χ1n) is 6.83. The lowest BCUT2D eigenvalue weighted by Crippen LogP contribution is -2.25. The van der Waals surface area contributed by atoms with Crippen LogP contribution >= 0.6 is 0 Å². The Morgan fingerprint density at radius 1 is 1.19 bits per heavy atom. The molecule has 0 radical (unpaired) electrons. The Hall–Kier alpha value is -2.62. The number of nitrogens with two attached hydrogens (primary N) is 1. The number of nitrogen functional groups attached to an aromatic ring is 1. The molecule has 1 aliphatic heterocycles. The maximum Gasteiger partial charge on any atom is 0.231 e. The Bertz CT molecular complexity index is 720. The summed E-state index contributed by atoms with van der Waals surface area (Å²) < 4.78 is 0. The number of amides is 1. The summed E-state index contributed by atoms with van der Waals surface area (Å²) in [6.45, 7) is 2.05. The molecular weight excluding hydrogens is 264 g/mol. The van der Waals surface area contributed by atoms with Gasteiger partial charge in [0.1, 0.15) is 0 Å². The molecule has 4 heteroatoms. The van der Waals surface area contributed by atoms with Crippen molar-refractivity contribution in [1.82, 2.24) is 0 Å². The van der Waals surface area contributed by atoms with Gasteiger partial charge in [-0.2, -0.15) is 0 Å². The number of fused-ring (bicyclic) bond motifs is 1. The van der Waals surface area contributed by atoms with Crippen molar-refractivity contribution < 1.29 is 9.59 Å². The van der Waals surface area contributed by atoms with E-state index in [1.54, 1.807) is 11.0 Å². The lowest BCUT2D eigenvalue weighted by atomic mass is 10.1. The molecule has 0 saturated carbocycles. The number of carbonyl (C=O) groups is 2. The first kappa shape index (κ1) is 13.4. The van der Waals surface area contributed by atoms with E-state index < -0.39 is 0 Å². The number of anilines is 2. The fourth-order valence-electron chi connectivity index (χ4n) is 2.58. The molecule has 3 rings (SSSR count). The van der Waals surface area contributed by atoms with Crippen molar-refractivity contribution in [2.45, 2.75) is 19.9 Å². The molecule has 0 spiro atoms. The summed E-state index contributed by atoms with van der Waals surface area (Å²) in [4.78, 5) is 25.4. The van der Waals surface area contributed by atoms with Crippen molar-refractivity contribution in [3.8, 4) is 0 Å². The zero-order valence-corrected chi connectivity index (χ0v) is 11.8. The highest BCUT2D eigenvalue weighted by atomic mass is 16.2. The number of ketones is 1. The van der Waals surface area contributed by atoms with E-state index >= 15 is 0 Å². The first-order valence-corrected chi connectivity index (χ1v) is 6.83. The second-order valence-corrected chi connectivity index (χ2v) is 5.30. The van der Waals surface area contributed by atoms with Crippen LogP contribution in [0.15, 0.2) is 42.5 Å². The molecule has 0 bridgehead atoms. The average Bonchev–Trinajstić information content (AvgIpc) is 2.76. The SMILES string of the molecule is CC(=O)c1ccc2c(c1)CC(=O)N2Cc1ccc(N)cc1. The molecule has 21 heavy (non-hydrogen) atoms. The highest BCUT2D eigenvalue weighted by Gasteiger charge is 2.27. The lowest BCUT2D eigenvalue weighted by Gasteiger charge is -2.18. The van der Waals surface area contributed by atoms with Gasteiger partial charge in [0.2, 0.25) is 5.91 Å². The Kier molecular flexibility index (Phi) is 3.22. The Morgan fingerprint density at radius 2 is 1.90 bits per heavy atom. The van der Waals surface area contributed by atoms with Crippen molar-refractivity contribution in [3.05, 3.63) is 59.2 Å². The van der Waals surface area contributed by atoms with Crippen LogP contribution in [-0.2, 0) is 17.8 Å². The predicted molar refractivity (Wildman–Crippen MR) is 82.2 cm³/mol. The van der Waals surface area contributed by atoms with Gasteiger partial charge < -0.3 is 10.6 Å². The van der Waals surface area contributed by atoms with E-state index in [1.807, 2.05) is 36.4 Å². The zero-order valence-electron chi connectivity index (χ0n) is 11.8. The number of nitrogens with zero attached hydrogens (tertiary/aromatic N) is 1. The molecule has 0 aliphatic carbocycles. The van der Waals surface area contributed by atoms with Crippen LogP contribution in [0.1, 0.15) is 28.4 Å². The molecule has 2 aromatic rings. The van der Waals surface area contributed by atoms with Gasteiger partial charge in [0.05, 0.1) is 13.0 Å². The van der Waals surface area contributed by atoms with E-state index in [1.165, 1.54) is 6.92 Å². The first-order chi connectivity index (χ1) is 10.0. The quantitative estimate of drug-likeness (QED) is 0.694. The van der Waals surface area contributed by atoms with Crippen molar-refractivity contribution >= 4 is 23.1 Å². The van der Waals surface area contributed by atoms with E-state index in [9.17, 15) is 9.59 Å². The normalized spacial score (nSPS) is 13.4. The molecule has 0 aromatic heterocycles. The van der Waals surface area contributed by atoms with Gasteiger partial charge in [-0.3, -0.25) is 9.59 Å². The van der Waals surface area contributed by atoms with E-state index in [0.29, 0.717) is 24.2 Å². The molecule has 0 saturated heterocycles. The summed E-state index contributed by atoms with van der Waals surface area (Å²) in [5.74, 6) is 0.0739. The summed E-state index contributed by atoms with van der Waals surface area (Å²) in [7, 11) is 0. The molecule has 106 valence electrons. The van der Waals surface area contributed by atoms with Gasteiger partial charge in [-0.1, -0.05) is 12.1 Å². The standard InChI is InChI=1S/C17H16N2O2/c1-11(20)13-4-7-16-14(8-13)9-17(21)19(16)10-12-2-5-15(18)6-3-12/h2-8H,9-10,18H2,1H3. The maximum atomic E-state index is 12.2. The monoisotopic (exact) mass is 280 g/mol. The summed E-state index contributed by atoms with van der Waals surface area (Å²) in [5.41, 5.74) is 9.87. The van der Waals surface area contributed by atoms with Gasteiger partial charge in [0.15, 0.2) is 5.78 Å². The molecule has 1 amide bonds. The van der Waals surface area contributed by atoms with Crippen LogP contribution in [0.4, 0.5) is 11.4 Å². The summed E-state index contributed by atoms with van der Waals surface area (Å²) in [6, 6.07) is 12.9. The number of rotatable bonds is 3. The summed E-state index contributed by atoms with van der Waals surface area (Å²) >= 11 is 0. The van der Waals surface area contributed by atoms with Crippen LogP contribution < -0.4 is 10.6 Å². The van der Waals surface area contributed by atoms with Gasteiger partial charge in [-0.15, -0.1) is 0 Å². The molecule has 2 aromatic carbocycles. The highest BCUT2D eigenvalue weighted by molar-refractivity contribution is 6.03. The Morgan fingerprint density at radius 3 is 2.57 bits per heavy atom. The number of hydrogen-bond donors (Lipinski definition) is 1. The zero-order chi connectivity index (χ0) is 15.0. The third kappa shape index (κ3) is 2.52. The van der Waals surface area contributed by atoms with Crippen molar-refractivity contribution in [2.24, 2.45) is 0 Å². The molecule has 0 unspecified atom stereocenters. The third-order valence-electron chi connectivity index (χ3n) is 3.74. The average molecular weight is 280 g/mol. The van der Waals surface area contributed by atoms with E-state index in [2.05, 4.69) is 0 Å². The smallest absolute Gasteiger partial charge is 0.231 e. The van der Waals surface area contributed by atoms with Gasteiger partial charge in [-0.05, 0) is 48.4 Å². The molecule has 2 N–H and O–H groups in total. The molecule has 1 heterocycles. The minimum absolute atomic E-state index is 0.0160. The topological polar surface area (TPSA) is 63.4 Å². The van der Waals surface area contributed by atoms with Gasteiger partial charge in [0, 0.05) is 16.9 Å². The van der Waals surface area contributed by atoms with Crippen LogP contribution in [-0.4, -0.2) is 11.7 Å². The van der Waals surface area contributed by atoms with Crippen molar-refractivity contribution in [1.29, 1.82) is 0 Å². The number of carbonyl (C=O) groups excluding carboxylic acids is 2. The Balaban J connectivity index is 1.90. The third-order valence-corrected chi connectivity index (χ3v) is 3.74. The van der Waals surface area contributed by atoms with Crippen LogP contribution in [0.25, 0.3) is 0 Å². The largest absolute Gasteiger partial charge is 0.399 e. The molecule has 0 fully saturated rings. The maximum absolute atomic E-state index is 12.2.